The third-order valence-corrected chi connectivity index (χ3v) is 4.64. The van der Waals surface area contributed by atoms with Crippen molar-refractivity contribution in [2.75, 3.05) is 19.3 Å². The zero-order chi connectivity index (χ0) is 13.6. The molecule has 0 heterocycles. The summed E-state index contributed by atoms with van der Waals surface area (Å²) in [5.74, 6) is 0.154. The molecule has 102 valence electrons. The van der Waals surface area contributed by atoms with E-state index in [0.29, 0.717) is 13.0 Å². The van der Waals surface area contributed by atoms with Crippen LogP contribution in [0.5, 0.6) is 0 Å². The van der Waals surface area contributed by atoms with Crippen LogP contribution < -0.4 is 10.0 Å². The Balaban J connectivity index is 2.36. The zero-order valence-corrected chi connectivity index (χ0v) is 13.0. The van der Waals surface area contributed by atoms with Gasteiger partial charge in [-0.2, -0.15) is 0 Å². The van der Waals surface area contributed by atoms with Gasteiger partial charge in [0.05, 0.1) is 5.75 Å². The Hall–Kier alpha value is -0.430. The summed E-state index contributed by atoms with van der Waals surface area (Å²) in [6, 6.07) is 8.29. The predicted octanol–water partition coefficient (Wildman–Crippen LogP) is 2.04. The Morgan fingerprint density at radius 2 is 2.11 bits per heavy atom. The maximum absolute atomic E-state index is 11.2. The number of halogens is 1. The van der Waals surface area contributed by atoms with E-state index in [1.54, 1.807) is 0 Å². The van der Waals surface area contributed by atoms with Crippen molar-refractivity contribution in [2.45, 2.75) is 19.4 Å². The fraction of sp³-hybridized carbons (Fsp3) is 0.500. The first kappa shape index (κ1) is 15.6. The van der Waals surface area contributed by atoms with Crippen molar-refractivity contribution < 1.29 is 8.42 Å². The lowest BCUT2D eigenvalue weighted by Gasteiger charge is -2.14. The highest BCUT2D eigenvalue weighted by Gasteiger charge is 2.08. The first-order valence-corrected chi connectivity index (χ1v) is 8.29. The quantitative estimate of drug-likeness (QED) is 0.750. The molecule has 18 heavy (non-hydrogen) atoms. The van der Waals surface area contributed by atoms with Gasteiger partial charge in [0.25, 0.3) is 0 Å². The van der Waals surface area contributed by atoms with Gasteiger partial charge in [-0.3, -0.25) is 0 Å². The van der Waals surface area contributed by atoms with E-state index in [2.05, 4.69) is 39.0 Å². The van der Waals surface area contributed by atoms with Gasteiger partial charge in [-0.1, -0.05) is 28.1 Å². The van der Waals surface area contributed by atoms with Crippen LogP contribution in [-0.2, 0) is 10.0 Å². The maximum atomic E-state index is 11.2. The molecule has 0 aromatic heterocycles. The van der Waals surface area contributed by atoms with Crippen LogP contribution in [-0.4, -0.2) is 27.8 Å². The highest BCUT2D eigenvalue weighted by Crippen LogP contribution is 2.17. The van der Waals surface area contributed by atoms with E-state index in [-0.39, 0.29) is 11.8 Å². The van der Waals surface area contributed by atoms with E-state index in [1.807, 2.05) is 18.2 Å². The van der Waals surface area contributed by atoms with Gasteiger partial charge in [0.2, 0.25) is 10.0 Å². The lowest BCUT2D eigenvalue weighted by atomic mass is 10.1. The van der Waals surface area contributed by atoms with Gasteiger partial charge < -0.3 is 5.32 Å². The van der Waals surface area contributed by atoms with Crippen molar-refractivity contribution in [3.05, 3.63) is 34.3 Å². The summed E-state index contributed by atoms with van der Waals surface area (Å²) in [5, 5.41) is 3.31. The number of sulfonamides is 1. The molecule has 2 N–H and O–H groups in total. The summed E-state index contributed by atoms with van der Waals surface area (Å²) in [6.07, 6.45) is 0.599. The molecule has 0 saturated heterocycles. The van der Waals surface area contributed by atoms with Crippen molar-refractivity contribution in [3.8, 4) is 0 Å². The molecule has 1 aromatic carbocycles. The lowest BCUT2D eigenvalue weighted by molar-refractivity contribution is 0.557. The highest BCUT2D eigenvalue weighted by molar-refractivity contribution is 9.10. The molecule has 0 fully saturated rings. The monoisotopic (exact) mass is 334 g/mol. The molecule has 1 rings (SSSR count). The molecule has 0 unspecified atom stereocenters. The average molecular weight is 335 g/mol. The van der Waals surface area contributed by atoms with Gasteiger partial charge in [0.1, 0.15) is 0 Å². The normalized spacial score (nSPS) is 13.5. The lowest BCUT2D eigenvalue weighted by Crippen LogP contribution is -2.26. The Morgan fingerprint density at radius 1 is 1.39 bits per heavy atom. The van der Waals surface area contributed by atoms with Crippen LogP contribution in [0.2, 0.25) is 0 Å². The van der Waals surface area contributed by atoms with Crippen LogP contribution in [0.4, 0.5) is 0 Å². The first-order valence-electron chi connectivity index (χ1n) is 5.84. The molecule has 0 radical (unpaired) electrons. The molecule has 6 heteroatoms. The van der Waals surface area contributed by atoms with E-state index in [9.17, 15) is 8.42 Å². The SMILES string of the molecule is CNS(=O)(=O)CCCN[C@@H](C)c1cccc(Br)c1. The Labute approximate surface area is 117 Å². The van der Waals surface area contributed by atoms with Gasteiger partial charge in [-0.25, -0.2) is 13.1 Å². The number of hydrogen-bond donors (Lipinski definition) is 2. The van der Waals surface area contributed by atoms with E-state index in [0.717, 1.165) is 4.47 Å². The second-order valence-electron chi connectivity index (χ2n) is 4.11. The third kappa shape index (κ3) is 5.48. The minimum atomic E-state index is -3.09. The van der Waals surface area contributed by atoms with Crippen molar-refractivity contribution in [1.29, 1.82) is 0 Å². The minimum Gasteiger partial charge on any atom is -0.310 e. The van der Waals surface area contributed by atoms with Crippen LogP contribution in [0.1, 0.15) is 24.9 Å². The van der Waals surface area contributed by atoms with Crippen molar-refractivity contribution in [2.24, 2.45) is 0 Å². The molecule has 0 amide bonds. The Kier molecular flexibility index (Phi) is 6.28. The molecule has 0 aliphatic carbocycles. The van der Waals surface area contributed by atoms with E-state index < -0.39 is 10.0 Å². The second-order valence-corrected chi connectivity index (χ2v) is 7.07. The number of benzene rings is 1. The van der Waals surface area contributed by atoms with Crippen molar-refractivity contribution >= 4 is 26.0 Å². The van der Waals surface area contributed by atoms with E-state index >= 15 is 0 Å². The van der Waals surface area contributed by atoms with E-state index in [1.165, 1.54) is 12.6 Å². The van der Waals surface area contributed by atoms with Crippen LogP contribution in [0.15, 0.2) is 28.7 Å². The van der Waals surface area contributed by atoms with Gasteiger partial charge in [-0.05, 0) is 44.6 Å². The molecule has 4 nitrogen and oxygen atoms in total. The molecule has 0 saturated carbocycles. The largest absolute Gasteiger partial charge is 0.310 e. The maximum Gasteiger partial charge on any atom is 0.211 e. The van der Waals surface area contributed by atoms with Gasteiger partial charge >= 0.3 is 0 Å². The highest BCUT2D eigenvalue weighted by atomic mass is 79.9. The summed E-state index contributed by atoms with van der Waals surface area (Å²) in [4.78, 5) is 0. The molecule has 1 aromatic rings. The van der Waals surface area contributed by atoms with Crippen LogP contribution in [0.3, 0.4) is 0 Å². The summed E-state index contributed by atoms with van der Waals surface area (Å²) < 4.78 is 25.8. The second kappa shape index (κ2) is 7.23. The molecular formula is C12H19BrN2O2S. The smallest absolute Gasteiger partial charge is 0.211 e. The molecular weight excluding hydrogens is 316 g/mol. The molecule has 0 aliphatic heterocycles. The standard InChI is InChI=1S/C12H19BrN2O2S/c1-10(11-5-3-6-12(13)9-11)15-7-4-8-18(16,17)14-2/h3,5-6,9-10,14-15H,4,7-8H2,1-2H3/t10-/m0/s1. The molecule has 1 atom stereocenters. The predicted molar refractivity (Wildman–Crippen MR) is 78.0 cm³/mol. The topological polar surface area (TPSA) is 58.2 Å². The van der Waals surface area contributed by atoms with Gasteiger partial charge in [0, 0.05) is 10.5 Å². The van der Waals surface area contributed by atoms with Crippen LogP contribution in [0.25, 0.3) is 0 Å². The van der Waals surface area contributed by atoms with Gasteiger partial charge in [0.15, 0.2) is 0 Å². The zero-order valence-electron chi connectivity index (χ0n) is 10.6. The average Bonchev–Trinajstić information content (AvgIpc) is 2.34. The fourth-order valence-electron chi connectivity index (χ4n) is 1.58. The van der Waals surface area contributed by atoms with Crippen LogP contribution >= 0.6 is 15.9 Å². The number of nitrogens with one attached hydrogen (secondary N) is 2. The minimum absolute atomic E-state index is 0.154. The summed E-state index contributed by atoms with van der Waals surface area (Å²) >= 11 is 3.43. The number of hydrogen-bond acceptors (Lipinski definition) is 3. The summed E-state index contributed by atoms with van der Waals surface area (Å²) in [7, 11) is -1.65. The van der Waals surface area contributed by atoms with Gasteiger partial charge in [-0.15, -0.1) is 0 Å². The summed E-state index contributed by atoms with van der Waals surface area (Å²) in [6.45, 7) is 2.74. The molecule has 0 aliphatic rings. The van der Waals surface area contributed by atoms with Crippen molar-refractivity contribution in [1.82, 2.24) is 10.0 Å². The Bertz CT molecular complexity index is 477. The van der Waals surface area contributed by atoms with Crippen molar-refractivity contribution in [3.63, 3.8) is 0 Å². The van der Waals surface area contributed by atoms with E-state index in [4.69, 9.17) is 0 Å². The third-order valence-electron chi connectivity index (χ3n) is 2.70. The molecule has 0 bridgehead atoms. The van der Waals surface area contributed by atoms with Crippen LogP contribution in [0, 0.1) is 0 Å². The summed E-state index contributed by atoms with van der Waals surface area (Å²) in [5.41, 5.74) is 1.18. The first-order chi connectivity index (χ1) is 8.44. The fourth-order valence-corrected chi connectivity index (χ4v) is 2.72. The molecule has 0 spiro atoms. The number of rotatable bonds is 7. The Morgan fingerprint density at radius 3 is 2.72 bits per heavy atom.